The van der Waals surface area contributed by atoms with E-state index in [9.17, 15) is 5.26 Å². The van der Waals surface area contributed by atoms with E-state index in [-0.39, 0.29) is 5.41 Å². The number of rotatable bonds is 3. The predicted molar refractivity (Wildman–Crippen MR) is 75.1 cm³/mol. The van der Waals surface area contributed by atoms with Crippen molar-refractivity contribution < 1.29 is 4.74 Å². The highest BCUT2D eigenvalue weighted by molar-refractivity contribution is 5.38. The zero-order valence-electron chi connectivity index (χ0n) is 11.5. The molecule has 19 heavy (non-hydrogen) atoms. The van der Waals surface area contributed by atoms with E-state index in [2.05, 4.69) is 24.3 Å². The van der Waals surface area contributed by atoms with Crippen LogP contribution >= 0.6 is 0 Å². The Morgan fingerprint density at radius 2 is 1.84 bits per heavy atom. The van der Waals surface area contributed by atoms with E-state index < -0.39 is 0 Å². The largest absolute Gasteiger partial charge is 0.492 e. The van der Waals surface area contributed by atoms with Crippen LogP contribution in [0.3, 0.4) is 0 Å². The Bertz CT molecular complexity index is 494. The second-order valence-corrected chi connectivity index (χ2v) is 6.03. The first-order valence-electron chi connectivity index (χ1n) is 7.47. The number of hydrogen-bond donors (Lipinski definition) is 0. The summed E-state index contributed by atoms with van der Waals surface area (Å²) in [5.74, 6) is 0.945. The smallest absolute Gasteiger partial charge is 0.119 e. The fourth-order valence-electron chi connectivity index (χ4n) is 3.38. The van der Waals surface area contributed by atoms with Crippen molar-refractivity contribution in [3.05, 3.63) is 29.3 Å². The molecule has 1 saturated carbocycles. The van der Waals surface area contributed by atoms with Gasteiger partial charge in [0.25, 0.3) is 0 Å². The van der Waals surface area contributed by atoms with E-state index in [1.54, 1.807) is 0 Å². The molecular formula is C17H21NO. The van der Waals surface area contributed by atoms with E-state index in [0.29, 0.717) is 6.61 Å². The van der Waals surface area contributed by atoms with Gasteiger partial charge in [0.15, 0.2) is 0 Å². The van der Waals surface area contributed by atoms with Gasteiger partial charge < -0.3 is 4.74 Å². The quantitative estimate of drug-likeness (QED) is 0.817. The maximum atomic E-state index is 9.44. The number of ether oxygens (including phenoxy) is 1. The van der Waals surface area contributed by atoms with Gasteiger partial charge in [-0.25, -0.2) is 0 Å². The van der Waals surface area contributed by atoms with Crippen molar-refractivity contribution in [2.75, 3.05) is 6.61 Å². The zero-order chi connectivity index (χ0) is 13.1. The highest BCUT2D eigenvalue weighted by atomic mass is 16.5. The van der Waals surface area contributed by atoms with E-state index in [1.165, 1.54) is 49.7 Å². The average molecular weight is 255 g/mol. The summed E-state index contributed by atoms with van der Waals surface area (Å²) in [5.41, 5.74) is 2.67. The Morgan fingerprint density at radius 3 is 2.63 bits per heavy atom. The van der Waals surface area contributed by atoms with Crippen molar-refractivity contribution in [2.24, 2.45) is 5.41 Å². The molecule has 0 radical (unpaired) electrons. The molecule has 2 aliphatic carbocycles. The van der Waals surface area contributed by atoms with Gasteiger partial charge in [-0.1, -0.05) is 25.3 Å². The van der Waals surface area contributed by atoms with Crippen LogP contribution in [0.2, 0.25) is 0 Å². The molecule has 0 bridgehead atoms. The van der Waals surface area contributed by atoms with Gasteiger partial charge in [-0.15, -0.1) is 0 Å². The number of nitriles is 1. The molecule has 2 aliphatic rings. The molecule has 0 aromatic heterocycles. The lowest BCUT2D eigenvalue weighted by Gasteiger charge is -2.30. The molecule has 2 nitrogen and oxygen atoms in total. The van der Waals surface area contributed by atoms with Gasteiger partial charge in [-0.3, -0.25) is 0 Å². The minimum atomic E-state index is -0.239. The number of benzene rings is 1. The first-order valence-corrected chi connectivity index (χ1v) is 7.47. The summed E-state index contributed by atoms with van der Waals surface area (Å²) < 4.78 is 5.94. The maximum Gasteiger partial charge on any atom is 0.119 e. The fraction of sp³-hybridized carbons (Fsp3) is 0.588. The van der Waals surface area contributed by atoms with Gasteiger partial charge in [-0.2, -0.15) is 5.26 Å². The molecule has 0 aliphatic heterocycles. The van der Waals surface area contributed by atoms with E-state index >= 15 is 0 Å². The van der Waals surface area contributed by atoms with Gasteiger partial charge >= 0.3 is 0 Å². The molecule has 100 valence electrons. The van der Waals surface area contributed by atoms with Gasteiger partial charge in [-0.05, 0) is 55.4 Å². The average Bonchev–Trinajstić information content (AvgIpc) is 2.93. The molecular weight excluding hydrogens is 234 g/mol. The van der Waals surface area contributed by atoms with Gasteiger partial charge in [0.1, 0.15) is 12.4 Å². The first kappa shape index (κ1) is 12.5. The van der Waals surface area contributed by atoms with Gasteiger partial charge in [0, 0.05) is 0 Å². The monoisotopic (exact) mass is 255 g/mol. The van der Waals surface area contributed by atoms with Crippen LogP contribution in [0, 0.1) is 16.7 Å². The molecule has 0 N–H and O–H groups in total. The maximum absolute atomic E-state index is 9.44. The van der Waals surface area contributed by atoms with Crippen molar-refractivity contribution in [2.45, 2.75) is 51.4 Å². The Labute approximate surface area is 115 Å². The molecule has 0 spiro atoms. The molecule has 0 heterocycles. The van der Waals surface area contributed by atoms with Crippen LogP contribution in [-0.4, -0.2) is 6.61 Å². The first-order chi connectivity index (χ1) is 9.31. The van der Waals surface area contributed by atoms with Crippen molar-refractivity contribution in [1.29, 1.82) is 5.26 Å². The minimum absolute atomic E-state index is 0.239. The summed E-state index contributed by atoms with van der Waals surface area (Å²) in [6.07, 6.45) is 9.24. The van der Waals surface area contributed by atoms with E-state index in [1.807, 2.05) is 0 Å². The Kier molecular flexibility index (Phi) is 3.46. The van der Waals surface area contributed by atoms with Crippen LogP contribution < -0.4 is 4.74 Å². The lowest BCUT2D eigenvalue weighted by molar-refractivity contribution is 0.150. The number of fused-ring (bicyclic) bond motifs is 1. The standard InChI is InChI=1S/C17H21NO/c18-12-17(9-2-1-3-10-17)13-19-16-8-7-14-5-4-6-15(14)11-16/h7-8,11H,1-6,9-10,13H2. The lowest BCUT2D eigenvalue weighted by Crippen LogP contribution is -2.29. The number of aryl methyl sites for hydroxylation is 2. The summed E-state index contributed by atoms with van der Waals surface area (Å²) >= 11 is 0. The van der Waals surface area contributed by atoms with Crippen LogP contribution in [0.5, 0.6) is 5.75 Å². The van der Waals surface area contributed by atoms with Crippen molar-refractivity contribution in [3.8, 4) is 11.8 Å². The molecule has 3 rings (SSSR count). The van der Waals surface area contributed by atoms with Crippen LogP contribution in [0.25, 0.3) is 0 Å². The number of hydrogen-bond acceptors (Lipinski definition) is 2. The lowest BCUT2D eigenvalue weighted by atomic mass is 9.76. The molecule has 0 saturated heterocycles. The second kappa shape index (κ2) is 5.25. The summed E-state index contributed by atoms with van der Waals surface area (Å²) in [4.78, 5) is 0. The second-order valence-electron chi connectivity index (χ2n) is 6.03. The predicted octanol–water partition coefficient (Wildman–Crippen LogP) is 4.03. The van der Waals surface area contributed by atoms with Crippen molar-refractivity contribution in [3.63, 3.8) is 0 Å². The topological polar surface area (TPSA) is 33.0 Å². The van der Waals surface area contributed by atoms with Gasteiger partial charge in [0.05, 0.1) is 11.5 Å². The fourth-order valence-corrected chi connectivity index (χ4v) is 3.38. The van der Waals surface area contributed by atoms with Crippen LogP contribution in [0.1, 0.15) is 49.7 Å². The highest BCUT2D eigenvalue weighted by Crippen LogP contribution is 2.36. The third-order valence-corrected chi connectivity index (χ3v) is 4.63. The SMILES string of the molecule is N#CC1(COc2ccc3c(c2)CCC3)CCCCC1. The van der Waals surface area contributed by atoms with Crippen LogP contribution in [0.15, 0.2) is 18.2 Å². The highest BCUT2D eigenvalue weighted by Gasteiger charge is 2.33. The van der Waals surface area contributed by atoms with E-state index in [0.717, 1.165) is 18.6 Å². The molecule has 1 aromatic rings. The number of nitrogens with zero attached hydrogens (tertiary/aromatic N) is 1. The molecule has 0 unspecified atom stereocenters. The van der Waals surface area contributed by atoms with Crippen LogP contribution in [-0.2, 0) is 12.8 Å². The van der Waals surface area contributed by atoms with Crippen LogP contribution in [0.4, 0.5) is 0 Å². The normalized spacial score (nSPS) is 20.6. The van der Waals surface area contributed by atoms with Crippen molar-refractivity contribution >= 4 is 0 Å². The zero-order valence-corrected chi connectivity index (χ0v) is 11.5. The Balaban J connectivity index is 1.67. The summed E-state index contributed by atoms with van der Waals surface area (Å²) in [6, 6.07) is 8.95. The molecule has 0 amide bonds. The molecule has 2 heteroatoms. The third-order valence-electron chi connectivity index (χ3n) is 4.63. The molecule has 0 atom stereocenters. The summed E-state index contributed by atoms with van der Waals surface area (Å²) in [5, 5.41) is 9.44. The Hall–Kier alpha value is -1.49. The van der Waals surface area contributed by atoms with Gasteiger partial charge in [0.2, 0.25) is 0 Å². The Morgan fingerprint density at radius 1 is 1.05 bits per heavy atom. The minimum Gasteiger partial charge on any atom is -0.492 e. The summed E-state index contributed by atoms with van der Waals surface area (Å²) in [7, 11) is 0. The molecule has 1 fully saturated rings. The molecule has 1 aromatic carbocycles. The third kappa shape index (κ3) is 2.61. The van der Waals surface area contributed by atoms with E-state index in [4.69, 9.17) is 4.74 Å². The van der Waals surface area contributed by atoms with Crippen molar-refractivity contribution in [1.82, 2.24) is 0 Å². The summed E-state index contributed by atoms with van der Waals surface area (Å²) in [6.45, 7) is 0.558.